The maximum Gasteiger partial charge on any atom is 0.293 e. The molecule has 0 aliphatic carbocycles. The number of anilines is 2. The fourth-order valence-corrected chi connectivity index (χ4v) is 2.24. The molecule has 0 fully saturated rings. The third kappa shape index (κ3) is 4.48. The molecular formula is C14H14IN3O3. The van der Waals surface area contributed by atoms with Gasteiger partial charge in [0.1, 0.15) is 18.0 Å². The third-order valence-corrected chi connectivity index (χ3v) is 3.37. The summed E-state index contributed by atoms with van der Waals surface area (Å²) in [6.07, 6.45) is 0. The average Bonchev–Trinajstić information content (AvgIpc) is 2.44. The normalized spacial score (nSPS) is 10.1. The van der Waals surface area contributed by atoms with E-state index in [4.69, 9.17) is 10.5 Å². The summed E-state index contributed by atoms with van der Waals surface area (Å²) in [7, 11) is 0. The fourth-order valence-electron chi connectivity index (χ4n) is 1.76. The molecule has 0 amide bonds. The zero-order valence-corrected chi connectivity index (χ0v) is 13.2. The van der Waals surface area contributed by atoms with Crippen LogP contribution in [0.25, 0.3) is 0 Å². The minimum absolute atomic E-state index is 0.0610. The van der Waals surface area contributed by atoms with Gasteiger partial charge in [-0.1, -0.05) is 6.07 Å². The first-order valence-corrected chi connectivity index (χ1v) is 7.30. The zero-order chi connectivity index (χ0) is 15.2. The number of nitro groups is 1. The van der Waals surface area contributed by atoms with Crippen LogP contribution in [0.3, 0.4) is 0 Å². The second-order valence-corrected chi connectivity index (χ2v) is 5.51. The SMILES string of the molecule is Nc1cccc(OCCNc2ccc(I)cc2[N+](=O)[O-])c1. The highest BCUT2D eigenvalue weighted by atomic mass is 127. The van der Waals surface area contributed by atoms with E-state index in [0.717, 1.165) is 3.57 Å². The van der Waals surface area contributed by atoms with Crippen LogP contribution in [0.15, 0.2) is 42.5 Å². The largest absolute Gasteiger partial charge is 0.492 e. The number of hydrogen-bond acceptors (Lipinski definition) is 5. The van der Waals surface area contributed by atoms with E-state index in [1.165, 1.54) is 6.07 Å². The van der Waals surface area contributed by atoms with Gasteiger partial charge in [0.15, 0.2) is 0 Å². The van der Waals surface area contributed by atoms with Crippen molar-refractivity contribution in [2.24, 2.45) is 0 Å². The van der Waals surface area contributed by atoms with Crippen molar-refractivity contribution < 1.29 is 9.66 Å². The van der Waals surface area contributed by atoms with Gasteiger partial charge < -0.3 is 15.8 Å². The van der Waals surface area contributed by atoms with E-state index < -0.39 is 4.92 Å². The lowest BCUT2D eigenvalue weighted by molar-refractivity contribution is -0.384. The highest BCUT2D eigenvalue weighted by molar-refractivity contribution is 14.1. The van der Waals surface area contributed by atoms with Crippen molar-refractivity contribution in [2.45, 2.75) is 0 Å². The molecule has 0 aliphatic rings. The maximum atomic E-state index is 11.0. The summed E-state index contributed by atoms with van der Waals surface area (Å²) in [5.41, 5.74) is 6.83. The Morgan fingerprint density at radius 1 is 1.29 bits per heavy atom. The van der Waals surface area contributed by atoms with Crippen LogP contribution in [-0.4, -0.2) is 18.1 Å². The Morgan fingerprint density at radius 2 is 2.10 bits per heavy atom. The molecule has 0 saturated heterocycles. The van der Waals surface area contributed by atoms with E-state index in [1.54, 1.807) is 18.2 Å². The number of hydrogen-bond donors (Lipinski definition) is 2. The zero-order valence-electron chi connectivity index (χ0n) is 11.1. The number of nitrogens with two attached hydrogens (primary N) is 1. The Labute approximate surface area is 135 Å². The first-order chi connectivity index (χ1) is 10.1. The number of benzene rings is 2. The van der Waals surface area contributed by atoms with Gasteiger partial charge >= 0.3 is 0 Å². The number of nitrogens with zero attached hydrogens (tertiary/aromatic N) is 1. The Morgan fingerprint density at radius 3 is 2.81 bits per heavy atom. The molecule has 3 N–H and O–H groups in total. The van der Waals surface area contributed by atoms with Gasteiger partial charge in [-0.3, -0.25) is 10.1 Å². The molecule has 0 unspecified atom stereocenters. The summed E-state index contributed by atoms with van der Waals surface area (Å²) in [5, 5.41) is 14.0. The molecule has 110 valence electrons. The van der Waals surface area contributed by atoms with Crippen molar-refractivity contribution in [1.29, 1.82) is 0 Å². The van der Waals surface area contributed by atoms with E-state index in [-0.39, 0.29) is 5.69 Å². The van der Waals surface area contributed by atoms with Crippen molar-refractivity contribution in [2.75, 3.05) is 24.2 Å². The van der Waals surface area contributed by atoms with E-state index >= 15 is 0 Å². The van der Waals surface area contributed by atoms with Gasteiger partial charge in [-0.2, -0.15) is 0 Å². The van der Waals surface area contributed by atoms with Crippen LogP contribution in [0.5, 0.6) is 5.75 Å². The number of nitrogen functional groups attached to an aromatic ring is 1. The van der Waals surface area contributed by atoms with E-state index in [9.17, 15) is 10.1 Å². The molecule has 7 heteroatoms. The number of nitro benzene ring substituents is 1. The predicted octanol–water partition coefficient (Wildman–Crippen LogP) is 3.27. The van der Waals surface area contributed by atoms with E-state index in [2.05, 4.69) is 5.32 Å². The number of ether oxygens (including phenoxy) is 1. The fraction of sp³-hybridized carbons (Fsp3) is 0.143. The molecule has 2 aromatic carbocycles. The Hall–Kier alpha value is -2.03. The van der Waals surface area contributed by atoms with Crippen LogP contribution in [0.2, 0.25) is 0 Å². The van der Waals surface area contributed by atoms with Crippen LogP contribution in [0, 0.1) is 13.7 Å². The summed E-state index contributed by atoms with van der Waals surface area (Å²) in [5.74, 6) is 0.675. The van der Waals surface area contributed by atoms with Crippen molar-refractivity contribution >= 4 is 39.7 Å². The van der Waals surface area contributed by atoms with Crippen LogP contribution in [0.4, 0.5) is 17.1 Å². The lowest BCUT2D eigenvalue weighted by Crippen LogP contribution is -2.12. The molecule has 0 aliphatic heterocycles. The molecule has 6 nitrogen and oxygen atoms in total. The summed E-state index contributed by atoms with van der Waals surface area (Å²) in [4.78, 5) is 10.6. The minimum atomic E-state index is -0.400. The van der Waals surface area contributed by atoms with Crippen LogP contribution in [-0.2, 0) is 0 Å². The van der Waals surface area contributed by atoms with Crippen molar-refractivity contribution in [3.05, 3.63) is 56.1 Å². The summed E-state index contributed by atoms with van der Waals surface area (Å²) < 4.78 is 6.34. The summed E-state index contributed by atoms with van der Waals surface area (Å²) >= 11 is 2.04. The molecule has 0 aromatic heterocycles. The van der Waals surface area contributed by atoms with E-state index in [0.29, 0.717) is 30.3 Å². The Kier molecular flexibility index (Phi) is 5.20. The monoisotopic (exact) mass is 399 g/mol. The molecule has 2 aromatic rings. The number of rotatable bonds is 6. The highest BCUT2D eigenvalue weighted by Crippen LogP contribution is 2.26. The first kappa shape index (κ1) is 15.4. The van der Waals surface area contributed by atoms with Crippen molar-refractivity contribution in [1.82, 2.24) is 0 Å². The smallest absolute Gasteiger partial charge is 0.293 e. The lowest BCUT2D eigenvalue weighted by atomic mass is 10.2. The molecule has 0 bridgehead atoms. The quantitative estimate of drug-likeness (QED) is 0.256. The predicted molar refractivity (Wildman–Crippen MR) is 90.7 cm³/mol. The number of halogens is 1. The standard InChI is InChI=1S/C14H14IN3O3/c15-10-4-5-13(14(8-10)18(19)20)17-6-7-21-12-3-1-2-11(16)9-12/h1-5,8-9,17H,6-7,16H2. The van der Waals surface area contributed by atoms with Crippen LogP contribution in [0.1, 0.15) is 0 Å². The van der Waals surface area contributed by atoms with Gasteiger partial charge in [-0.05, 0) is 46.9 Å². The molecule has 0 heterocycles. The van der Waals surface area contributed by atoms with Crippen molar-refractivity contribution in [3.8, 4) is 5.75 Å². The van der Waals surface area contributed by atoms with Gasteiger partial charge in [0.2, 0.25) is 0 Å². The van der Waals surface area contributed by atoms with E-state index in [1.807, 2.05) is 40.8 Å². The lowest BCUT2D eigenvalue weighted by Gasteiger charge is -2.09. The first-order valence-electron chi connectivity index (χ1n) is 6.22. The molecule has 0 saturated carbocycles. The molecule has 0 atom stereocenters. The van der Waals surface area contributed by atoms with Gasteiger partial charge in [0, 0.05) is 27.9 Å². The third-order valence-electron chi connectivity index (χ3n) is 2.70. The van der Waals surface area contributed by atoms with Crippen LogP contribution >= 0.6 is 22.6 Å². The van der Waals surface area contributed by atoms with Crippen molar-refractivity contribution in [3.63, 3.8) is 0 Å². The summed E-state index contributed by atoms with van der Waals surface area (Å²) in [6, 6.07) is 12.2. The number of nitrogens with one attached hydrogen (secondary N) is 1. The second-order valence-electron chi connectivity index (χ2n) is 4.27. The highest BCUT2D eigenvalue weighted by Gasteiger charge is 2.13. The Balaban J connectivity index is 1.90. The van der Waals surface area contributed by atoms with Gasteiger partial charge in [0.05, 0.1) is 4.92 Å². The summed E-state index contributed by atoms with van der Waals surface area (Å²) in [6.45, 7) is 0.836. The van der Waals surface area contributed by atoms with Crippen LogP contribution < -0.4 is 15.8 Å². The van der Waals surface area contributed by atoms with Gasteiger partial charge in [-0.15, -0.1) is 0 Å². The van der Waals surface area contributed by atoms with Gasteiger partial charge in [0.25, 0.3) is 5.69 Å². The van der Waals surface area contributed by atoms with Gasteiger partial charge in [-0.25, -0.2) is 0 Å². The molecule has 0 radical (unpaired) electrons. The topological polar surface area (TPSA) is 90.4 Å². The Bertz CT molecular complexity index is 649. The molecule has 0 spiro atoms. The molecule has 21 heavy (non-hydrogen) atoms. The second kappa shape index (κ2) is 7.11. The molecule has 2 rings (SSSR count). The minimum Gasteiger partial charge on any atom is -0.492 e. The average molecular weight is 399 g/mol. The maximum absolute atomic E-state index is 11.0. The molecular weight excluding hydrogens is 385 g/mol.